The maximum absolute atomic E-state index is 11.3. The maximum atomic E-state index is 11.3. The first-order valence-electron chi connectivity index (χ1n) is 4.78. The molecule has 0 bridgehead atoms. The molecule has 0 saturated heterocycles. The van der Waals surface area contributed by atoms with Crippen molar-refractivity contribution < 1.29 is 24.9 Å². The van der Waals surface area contributed by atoms with Crippen LogP contribution in [0.15, 0.2) is 24.5 Å². The predicted octanol–water partition coefficient (Wildman–Crippen LogP) is -1.50. The first kappa shape index (κ1) is 13.1. The molecule has 7 heteroatoms. The van der Waals surface area contributed by atoms with Crippen LogP contribution in [0.2, 0.25) is 0 Å². The van der Waals surface area contributed by atoms with Gasteiger partial charge in [0.25, 0.3) is 5.91 Å². The molecule has 0 aliphatic heterocycles. The third kappa shape index (κ3) is 3.82. The molecule has 0 fully saturated rings. The molecule has 0 aromatic carbocycles. The van der Waals surface area contributed by atoms with Gasteiger partial charge in [0.1, 0.15) is 0 Å². The monoisotopic (exact) mass is 240 g/mol. The van der Waals surface area contributed by atoms with Gasteiger partial charge in [0.15, 0.2) is 12.2 Å². The highest BCUT2D eigenvalue weighted by molar-refractivity contribution is 5.87. The molecule has 0 aliphatic carbocycles. The van der Waals surface area contributed by atoms with Gasteiger partial charge in [-0.1, -0.05) is 0 Å². The fourth-order valence-corrected chi connectivity index (χ4v) is 1.07. The average Bonchev–Trinajstić information content (AvgIpc) is 2.35. The summed E-state index contributed by atoms with van der Waals surface area (Å²) >= 11 is 0. The van der Waals surface area contributed by atoms with Crippen LogP contribution < -0.4 is 5.32 Å². The van der Waals surface area contributed by atoms with Crippen molar-refractivity contribution in [3.63, 3.8) is 0 Å². The van der Waals surface area contributed by atoms with Crippen LogP contribution in [0.1, 0.15) is 5.56 Å². The topological polar surface area (TPSA) is 120 Å². The average molecular weight is 240 g/mol. The molecule has 92 valence electrons. The van der Waals surface area contributed by atoms with E-state index in [-0.39, 0.29) is 6.54 Å². The number of amides is 1. The summed E-state index contributed by atoms with van der Waals surface area (Å²) in [7, 11) is 0. The largest absolute Gasteiger partial charge is 0.479 e. The van der Waals surface area contributed by atoms with E-state index in [0.29, 0.717) is 0 Å². The minimum Gasteiger partial charge on any atom is -0.479 e. The standard InChI is InChI=1S/C10H12N2O5/c13-7(8(14)10(16)17)9(15)12-5-6-1-3-11-4-2-6/h1-4,7-8,13-14H,5H2,(H,12,15)(H,16,17)/t7-,8+/m1/s1. The summed E-state index contributed by atoms with van der Waals surface area (Å²) in [6.07, 6.45) is -1.06. The highest BCUT2D eigenvalue weighted by Crippen LogP contribution is 1.98. The fraction of sp³-hybridized carbons (Fsp3) is 0.300. The first-order chi connectivity index (χ1) is 8.02. The van der Waals surface area contributed by atoms with Crippen molar-refractivity contribution in [1.29, 1.82) is 0 Å². The van der Waals surface area contributed by atoms with Crippen molar-refractivity contribution in [3.05, 3.63) is 30.1 Å². The van der Waals surface area contributed by atoms with Gasteiger partial charge in [-0.05, 0) is 17.7 Å². The van der Waals surface area contributed by atoms with E-state index < -0.39 is 24.1 Å². The number of carboxylic acid groups (broad SMARTS) is 1. The van der Waals surface area contributed by atoms with E-state index >= 15 is 0 Å². The van der Waals surface area contributed by atoms with E-state index in [2.05, 4.69) is 10.3 Å². The van der Waals surface area contributed by atoms with Crippen LogP contribution in [0.4, 0.5) is 0 Å². The van der Waals surface area contributed by atoms with Gasteiger partial charge in [0.2, 0.25) is 0 Å². The van der Waals surface area contributed by atoms with Gasteiger partial charge in [-0.3, -0.25) is 9.78 Å². The van der Waals surface area contributed by atoms with E-state index in [1.54, 1.807) is 12.1 Å². The van der Waals surface area contributed by atoms with Gasteiger partial charge in [0.05, 0.1) is 0 Å². The summed E-state index contributed by atoms with van der Waals surface area (Å²) in [5.74, 6) is -2.60. The summed E-state index contributed by atoms with van der Waals surface area (Å²) in [6.45, 7) is 0.116. The van der Waals surface area contributed by atoms with Crippen molar-refractivity contribution in [1.82, 2.24) is 10.3 Å². The Hall–Kier alpha value is -1.99. The molecule has 1 aromatic heterocycles. The van der Waals surface area contributed by atoms with Crippen molar-refractivity contribution in [2.75, 3.05) is 0 Å². The van der Waals surface area contributed by atoms with Gasteiger partial charge < -0.3 is 20.6 Å². The number of hydrogen-bond acceptors (Lipinski definition) is 5. The maximum Gasteiger partial charge on any atom is 0.335 e. The third-order valence-electron chi connectivity index (χ3n) is 2.04. The summed E-state index contributed by atoms with van der Waals surface area (Å²) in [5, 5.41) is 28.8. The summed E-state index contributed by atoms with van der Waals surface area (Å²) < 4.78 is 0. The molecule has 1 rings (SSSR count). The van der Waals surface area contributed by atoms with Crippen LogP contribution >= 0.6 is 0 Å². The lowest BCUT2D eigenvalue weighted by Gasteiger charge is -2.13. The Morgan fingerprint density at radius 3 is 2.35 bits per heavy atom. The number of aromatic nitrogens is 1. The minimum absolute atomic E-state index is 0.116. The molecule has 0 unspecified atom stereocenters. The normalized spacial score (nSPS) is 13.8. The molecule has 0 radical (unpaired) electrons. The number of hydrogen-bond donors (Lipinski definition) is 4. The highest BCUT2D eigenvalue weighted by Gasteiger charge is 2.29. The number of nitrogens with zero attached hydrogens (tertiary/aromatic N) is 1. The zero-order chi connectivity index (χ0) is 12.8. The number of carbonyl (C=O) groups is 2. The molecule has 2 atom stereocenters. The molecule has 0 aliphatic rings. The lowest BCUT2D eigenvalue weighted by molar-refractivity contribution is -0.158. The molecule has 1 aromatic rings. The zero-order valence-electron chi connectivity index (χ0n) is 8.78. The summed E-state index contributed by atoms with van der Waals surface area (Å²) in [6, 6.07) is 3.31. The van der Waals surface area contributed by atoms with E-state index in [0.717, 1.165) is 5.56 Å². The lowest BCUT2D eigenvalue weighted by atomic mass is 10.2. The van der Waals surface area contributed by atoms with Crippen molar-refractivity contribution >= 4 is 11.9 Å². The van der Waals surface area contributed by atoms with Crippen LogP contribution in [0.25, 0.3) is 0 Å². The Morgan fingerprint density at radius 1 is 1.24 bits per heavy atom. The Balaban J connectivity index is 2.47. The van der Waals surface area contributed by atoms with Crippen LogP contribution in [-0.2, 0) is 16.1 Å². The molecule has 7 nitrogen and oxygen atoms in total. The van der Waals surface area contributed by atoms with E-state index in [9.17, 15) is 14.7 Å². The molecule has 4 N–H and O–H groups in total. The van der Waals surface area contributed by atoms with Crippen LogP contribution in [0.3, 0.4) is 0 Å². The Kier molecular flexibility index (Phi) is 4.56. The fourth-order valence-electron chi connectivity index (χ4n) is 1.07. The lowest BCUT2D eigenvalue weighted by Crippen LogP contribution is -2.45. The van der Waals surface area contributed by atoms with E-state index in [1.807, 2.05) is 0 Å². The number of carbonyl (C=O) groups excluding carboxylic acids is 1. The number of aliphatic hydroxyl groups is 2. The summed E-state index contributed by atoms with van der Waals surface area (Å²) in [5.41, 5.74) is 0.741. The smallest absolute Gasteiger partial charge is 0.335 e. The van der Waals surface area contributed by atoms with E-state index in [4.69, 9.17) is 10.2 Å². The number of aliphatic carboxylic acids is 1. The number of rotatable bonds is 5. The van der Waals surface area contributed by atoms with Crippen LogP contribution in [-0.4, -0.2) is 44.4 Å². The Labute approximate surface area is 96.7 Å². The molecule has 0 saturated carbocycles. The number of aliphatic hydroxyl groups excluding tert-OH is 2. The second kappa shape index (κ2) is 5.92. The van der Waals surface area contributed by atoms with Gasteiger partial charge in [-0.2, -0.15) is 0 Å². The molecule has 17 heavy (non-hydrogen) atoms. The second-order valence-corrected chi connectivity index (χ2v) is 3.30. The zero-order valence-corrected chi connectivity index (χ0v) is 8.78. The number of pyridine rings is 1. The third-order valence-corrected chi connectivity index (χ3v) is 2.04. The van der Waals surface area contributed by atoms with Crippen molar-refractivity contribution in [2.24, 2.45) is 0 Å². The SMILES string of the molecule is O=C(O)[C@@H](O)[C@@H](O)C(=O)NCc1ccncc1. The Bertz CT molecular complexity index is 395. The van der Waals surface area contributed by atoms with Gasteiger partial charge >= 0.3 is 5.97 Å². The van der Waals surface area contributed by atoms with Gasteiger partial charge in [0, 0.05) is 18.9 Å². The predicted molar refractivity (Wildman–Crippen MR) is 55.7 cm³/mol. The number of nitrogens with one attached hydrogen (secondary N) is 1. The van der Waals surface area contributed by atoms with E-state index in [1.165, 1.54) is 12.4 Å². The molecular formula is C10H12N2O5. The molecule has 1 heterocycles. The van der Waals surface area contributed by atoms with Gasteiger partial charge in [-0.25, -0.2) is 4.79 Å². The quantitative estimate of drug-likeness (QED) is 0.497. The van der Waals surface area contributed by atoms with Gasteiger partial charge in [-0.15, -0.1) is 0 Å². The Morgan fingerprint density at radius 2 is 1.82 bits per heavy atom. The number of carboxylic acids is 1. The van der Waals surface area contributed by atoms with Crippen molar-refractivity contribution in [2.45, 2.75) is 18.8 Å². The second-order valence-electron chi connectivity index (χ2n) is 3.30. The van der Waals surface area contributed by atoms with Crippen LogP contribution in [0.5, 0.6) is 0 Å². The minimum atomic E-state index is -2.13. The molecule has 1 amide bonds. The molecule has 0 spiro atoms. The first-order valence-corrected chi connectivity index (χ1v) is 4.78. The molecular weight excluding hydrogens is 228 g/mol. The van der Waals surface area contributed by atoms with Crippen molar-refractivity contribution in [3.8, 4) is 0 Å². The highest BCUT2D eigenvalue weighted by atomic mass is 16.4. The van der Waals surface area contributed by atoms with Crippen LogP contribution in [0, 0.1) is 0 Å². The summed E-state index contributed by atoms with van der Waals surface area (Å²) in [4.78, 5) is 25.4.